The number of aliphatic hydroxyl groups excluding tert-OH is 1. The van der Waals surface area contributed by atoms with Gasteiger partial charge in [-0.1, -0.05) is 18.2 Å². The molecule has 0 fully saturated rings. The summed E-state index contributed by atoms with van der Waals surface area (Å²) in [4.78, 5) is 24.5. The maximum Gasteiger partial charge on any atom is 0.345 e. The van der Waals surface area contributed by atoms with Gasteiger partial charge in [0.2, 0.25) is 5.78 Å². The molecule has 6 heteroatoms. The molecule has 0 saturated carbocycles. The number of carbonyl (C=O) groups excluding carboxylic acids is 2. The molecule has 23 heavy (non-hydrogen) atoms. The Morgan fingerprint density at radius 3 is 2.52 bits per heavy atom. The monoisotopic (exact) mass is 324 g/mol. The molecule has 128 valence electrons. The Balaban J connectivity index is 3.05. The van der Waals surface area contributed by atoms with Crippen LogP contribution in [-0.2, 0) is 23.8 Å². The van der Waals surface area contributed by atoms with Gasteiger partial charge in [0.1, 0.15) is 11.3 Å². The number of ether oxygens (including phenoxy) is 3. The predicted molar refractivity (Wildman–Crippen MR) is 84.6 cm³/mol. The van der Waals surface area contributed by atoms with Gasteiger partial charge in [0, 0.05) is 13.5 Å². The first-order valence-corrected chi connectivity index (χ1v) is 7.37. The minimum absolute atomic E-state index is 0.0805. The lowest BCUT2D eigenvalue weighted by molar-refractivity contribution is -0.138. The normalized spacial score (nSPS) is 24.3. The van der Waals surface area contributed by atoms with Gasteiger partial charge in [0.15, 0.2) is 5.60 Å². The number of rotatable bonds is 7. The summed E-state index contributed by atoms with van der Waals surface area (Å²) in [5.41, 5.74) is -1.36. The minimum atomic E-state index is -1.28. The van der Waals surface area contributed by atoms with Gasteiger partial charge in [-0.05, 0) is 26.8 Å². The third kappa shape index (κ3) is 4.77. The third-order valence-corrected chi connectivity index (χ3v) is 3.47. The number of esters is 1. The molecule has 1 heterocycles. The standard InChI is InChI=1S/C17H24O6/c1-11(18)8-6-7-9-17(3)15(19)14(16(20)22-5)13(23-17)10-12(2)21-4/h6-9,11-12,18H,10H2,1-5H3/t11-,12+,17-/m0/s1. The van der Waals surface area contributed by atoms with Gasteiger partial charge in [-0.3, -0.25) is 4.79 Å². The van der Waals surface area contributed by atoms with Crippen molar-refractivity contribution in [3.05, 3.63) is 35.6 Å². The van der Waals surface area contributed by atoms with Gasteiger partial charge in [-0.2, -0.15) is 0 Å². The van der Waals surface area contributed by atoms with Gasteiger partial charge in [0.25, 0.3) is 0 Å². The molecular weight excluding hydrogens is 300 g/mol. The fourth-order valence-corrected chi connectivity index (χ4v) is 2.10. The van der Waals surface area contributed by atoms with E-state index in [2.05, 4.69) is 0 Å². The Bertz CT molecular complexity index is 543. The lowest BCUT2D eigenvalue weighted by Crippen LogP contribution is -2.33. The molecule has 0 amide bonds. The van der Waals surface area contributed by atoms with Crippen LogP contribution in [-0.4, -0.2) is 48.9 Å². The lowest BCUT2D eigenvalue weighted by atomic mass is 9.95. The zero-order valence-electron chi connectivity index (χ0n) is 14.2. The van der Waals surface area contributed by atoms with Gasteiger partial charge in [0.05, 0.1) is 19.3 Å². The highest BCUT2D eigenvalue weighted by Crippen LogP contribution is 2.35. The zero-order valence-corrected chi connectivity index (χ0v) is 14.2. The summed E-state index contributed by atoms with van der Waals surface area (Å²) in [7, 11) is 2.76. The van der Waals surface area contributed by atoms with Crippen molar-refractivity contribution in [3.63, 3.8) is 0 Å². The Morgan fingerprint density at radius 2 is 2.00 bits per heavy atom. The first-order chi connectivity index (χ1) is 10.7. The highest BCUT2D eigenvalue weighted by atomic mass is 16.5. The Hall–Kier alpha value is -1.92. The van der Waals surface area contributed by atoms with Crippen molar-refractivity contribution in [2.45, 2.75) is 45.0 Å². The van der Waals surface area contributed by atoms with Crippen LogP contribution in [0.4, 0.5) is 0 Å². The van der Waals surface area contributed by atoms with Crippen molar-refractivity contribution in [3.8, 4) is 0 Å². The third-order valence-electron chi connectivity index (χ3n) is 3.47. The fourth-order valence-electron chi connectivity index (χ4n) is 2.10. The number of hydrogen-bond donors (Lipinski definition) is 1. The number of allylic oxidation sites excluding steroid dienone is 2. The quantitative estimate of drug-likeness (QED) is 0.436. The molecule has 0 radical (unpaired) electrons. The van der Waals surface area contributed by atoms with E-state index in [0.717, 1.165) is 0 Å². The first kappa shape index (κ1) is 19.1. The number of carbonyl (C=O) groups is 2. The fraction of sp³-hybridized carbons (Fsp3) is 0.529. The van der Waals surface area contributed by atoms with E-state index in [1.54, 1.807) is 45.3 Å². The number of ketones is 1. The number of hydrogen-bond acceptors (Lipinski definition) is 6. The second-order valence-electron chi connectivity index (χ2n) is 5.56. The molecule has 0 aromatic carbocycles. The van der Waals surface area contributed by atoms with Crippen molar-refractivity contribution in [2.75, 3.05) is 14.2 Å². The molecule has 0 aromatic rings. The summed E-state index contributed by atoms with van der Waals surface area (Å²) >= 11 is 0. The highest BCUT2D eigenvalue weighted by molar-refractivity contribution is 6.22. The molecule has 0 bridgehead atoms. The van der Waals surface area contributed by atoms with Crippen LogP contribution in [0.25, 0.3) is 0 Å². The van der Waals surface area contributed by atoms with Crippen molar-refractivity contribution in [1.29, 1.82) is 0 Å². The van der Waals surface area contributed by atoms with Crippen LogP contribution in [0.3, 0.4) is 0 Å². The largest absolute Gasteiger partial charge is 0.478 e. The van der Waals surface area contributed by atoms with E-state index in [1.807, 2.05) is 6.92 Å². The molecule has 0 saturated heterocycles. The van der Waals surface area contributed by atoms with Crippen LogP contribution >= 0.6 is 0 Å². The summed E-state index contributed by atoms with van der Waals surface area (Å²) in [5.74, 6) is -0.905. The van der Waals surface area contributed by atoms with E-state index in [0.29, 0.717) is 6.42 Å². The van der Waals surface area contributed by atoms with Crippen LogP contribution in [0.2, 0.25) is 0 Å². The van der Waals surface area contributed by atoms with E-state index >= 15 is 0 Å². The van der Waals surface area contributed by atoms with E-state index in [4.69, 9.17) is 14.2 Å². The van der Waals surface area contributed by atoms with E-state index in [1.165, 1.54) is 7.11 Å². The average Bonchev–Trinajstić information content (AvgIpc) is 2.74. The number of Topliss-reactive ketones (excluding diaryl/α,β-unsaturated/α-hetero) is 1. The highest BCUT2D eigenvalue weighted by Gasteiger charge is 2.47. The molecule has 1 rings (SSSR count). The first-order valence-electron chi connectivity index (χ1n) is 7.37. The van der Waals surface area contributed by atoms with Crippen LogP contribution in [0, 0.1) is 0 Å². The van der Waals surface area contributed by atoms with Crippen LogP contribution in [0.1, 0.15) is 27.2 Å². The summed E-state index contributed by atoms with van der Waals surface area (Å²) in [5, 5.41) is 9.17. The zero-order chi connectivity index (χ0) is 17.6. The van der Waals surface area contributed by atoms with Crippen LogP contribution in [0.15, 0.2) is 35.6 Å². The average molecular weight is 324 g/mol. The topological polar surface area (TPSA) is 82.1 Å². The molecule has 6 nitrogen and oxygen atoms in total. The molecule has 0 unspecified atom stereocenters. The molecule has 0 aromatic heterocycles. The molecule has 3 atom stereocenters. The van der Waals surface area contributed by atoms with Crippen molar-refractivity contribution in [2.24, 2.45) is 0 Å². The molecule has 1 aliphatic rings. The molecule has 0 aliphatic carbocycles. The SMILES string of the molecule is COC(=O)C1=C(C[C@@H](C)OC)O[C@@](C)(C=CC=C[C@H](C)O)C1=O. The van der Waals surface area contributed by atoms with E-state index in [-0.39, 0.29) is 17.4 Å². The minimum Gasteiger partial charge on any atom is -0.478 e. The maximum atomic E-state index is 12.6. The second kappa shape index (κ2) is 8.08. The van der Waals surface area contributed by atoms with E-state index < -0.39 is 23.5 Å². The van der Waals surface area contributed by atoms with E-state index in [9.17, 15) is 14.7 Å². The van der Waals surface area contributed by atoms with Gasteiger partial charge in [-0.15, -0.1) is 0 Å². The van der Waals surface area contributed by atoms with Gasteiger partial charge in [-0.25, -0.2) is 4.79 Å². The van der Waals surface area contributed by atoms with Crippen LogP contribution in [0.5, 0.6) is 0 Å². The Kier molecular flexibility index (Phi) is 6.72. The summed E-state index contributed by atoms with van der Waals surface area (Å²) < 4.78 is 15.6. The van der Waals surface area contributed by atoms with Gasteiger partial charge >= 0.3 is 5.97 Å². The van der Waals surface area contributed by atoms with Crippen molar-refractivity contribution in [1.82, 2.24) is 0 Å². The predicted octanol–water partition coefficient (Wildman–Crippen LogP) is 1.69. The van der Waals surface area contributed by atoms with Crippen molar-refractivity contribution >= 4 is 11.8 Å². The second-order valence-corrected chi connectivity index (χ2v) is 5.56. The Labute approximate surface area is 136 Å². The molecule has 1 N–H and O–H groups in total. The number of aliphatic hydroxyl groups is 1. The maximum absolute atomic E-state index is 12.6. The number of methoxy groups -OCH3 is 2. The summed E-state index contributed by atoms with van der Waals surface area (Å²) in [6.07, 6.45) is 5.80. The smallest absolute Gasteiger partial charge is 0.345 e. The molecule has 0 spiro atoms. The molecule has 1 aliphatic heterocycles. The van der Waals surface area contributed by atoms with Gasteiger partial charge < -0.3 is 19.3 Å². The summed E-state index contributed by atoms with van der Waals surface area (Å²) in [6.45, 7) is 5.01. The Morgan fingerprint density at radius 1 is 1.35 bits per heavy atom. The summed E-state index contributed by atoms with van der Waals surface area (Å²) in [6, 6.07) is 0. The lowest BCUT2D eigenvalue weighted by Gasteiger charge is -2.20. The van der Waals surface area contributed by atoms with Crippen molar-refractivity contribution < 1.29 is 28.9 Å². The van der Waals surface area contributed by atoms with Crippen LogP contribution < -0.4 is 0 Å². The molecular formula is C17H24O6.